The van der Waals surface area contributed by atoms with Gasteiger partial charge in [-0.2, -0.15) is 0 Å². The normalized spacial score (nSPS) is 22.6. The number of ether oxygens (including phenoxy) is 1. The average molecular weight is 336 g/mol. The molecule has 0 amide bonds. The van der Waals surface area contributed by atoms with Crippen molar-refractivity contribution in [3.8, 4) is 5.75 Å². The third-order valence-electron chi connectivity index (χ3n) is 4.67. The third kappa shape index (κ3) is 2.05. The molecule has 2 aliphatic heterocycles. The van der Waals surface area contributed by atoms with Gasteiger partial charge in [-0.3, -0.25) is 0 Å². The van der Waals surface area contributed by atoms with Gasteiger partial charge in [0.15, 0.2) is 10.3 Å². The Morgan fingerprint density at radius 3 is 2.55 bits per heavy atom. The lowest BCUT2D eigenvalue weighted by Gasteiger charge is -2.38. The minimum absolute atomic E-state index is 0.225. The van der Waals surface area contributed by atoms with E-state index in [1.54, 1.807) is 7.11 Å². The van der Waals surface area contributed by atoms with Gasteiger partial charge in [0.1, 0.15) is 5.75 Å². The van der Waals surface area contributed by atoms with Gasteiger partial charge in [-0.05, 0) is 43.5 Å². The van der Waals surface area contributed by atoms with Crippen LogP contribution in [0.5, 0.6) is 5.75 Å². The van der Waals surface area contributed by atoms with E-state index in [1.807, 2.05) is 12.1 Å². The molecule has 1 aromatic carbocycles. The number of hydrogen-bond donors (Lipinski definition) is 0. The molecule has 0 spiro atoms. The number of fused-ring (bicyclic) bond motifs is 4. The topological polar surface area (TPSA) is 38.2 Å². The summed E-state index contributed by atoms with van der Waals surface area (Å²) in [5.74, 6) is 0.862. The lowest BCUT2D eigenvalue weighted by molar-refractivity contribution is 0.414. The molecule has 22 heavy (non-hydrogen) atoms. The third-order valence-corrected chi connectivity index (χ3v) is 5.25. The fraction of sp³-hybridized carbons (Fsp3) is 0.375. The van der Waals surface area contributed by atoms with E-state index in [0.29, 0.717) is 16.3 Å². The number of aromatic nitrogens is 2. The van der Waals surface area contributed by atoms with Gasteiger partial charge in [0.2, 0.25) is 0 Å². The smallest absolute Gasteiger partial charge is 0.157 e. The van der Waals surface area contributed by atoms with Crippen molar-refractivity contribution in [2.75, 3.05) is 12.0 Å². The van der Waals surface area contributed by atoms with Crippen LogP contribution in [0.2, 0.25) is 10.3 Å². The standard InChI is InChI=1S/C16H15Cl2N3O/c1-22-11-5-2-9(3-6-11)21-10-4-7-13(21)14-12(8-10)15(17)19-20-16(14)18/h2-3,5-6,10,13H,4,7-8H2,1H3. The highest BCUT2D eigenvalue weighted by molar-refractivity contribution is 6.32. The number of hydrogen-bond acceptors (Lipinski definition) is 4. The second-order valence-electron chi connectivity index (χ2n) is 5.73. The van der Waals surface area contributed by atoms with Crippen LogP contribution in [0.4, 0.5) is 5.69 Å². The summed E-state index contributed by atoms with van der Waals surface area (Å²) in [5.41, 5.74) is 3.30. The summed E-state index contributed by atoms with van der Waals surface area (Å²) in [6.07, 6.45) is 3.05. The summed E-state index contributed by atoms with van der Waals surface area (Å²) >= 11 is 12.6. The van der Waals surface area contributed by atoms with Crippen molar-refractivity contribution in [1.82, 2.24) is 10.2 Å². The first-order chi connectivity index (χ1) is 10.7. The fourth-order valence-electron chi connectivity index (χ4n) is 3.72. The van der Waals surface area contributed by atoms with E-state index in [1.165, 1.54) is 5.69 Å². The van der Waals surface area contributed by atoms with Crippen LogP contribution in [0.15, 0.2) is 24.3 Å². The predicted molar refractivity (Wildman–Crippen MR) is 87.0 cm³/mol. The highest BCUT2D eigenvalue weighted by atomic mass is 35.5. The van der Waals surface area contributed by atoms with E-state index >= 15 is 0 Å². The van der Waals surface area contributed by atoms with Crippen LogP contribution in [0.25, 0.3) is 0 Å². The van der Waals surface area contributed by atoms with Crippen molar-refractivity contribution in [2.45, 2.75) is 31.3 Å². The van der Waals surface area contributed by atoms with Gasteiger partial charge < -0.3 is 9.64 Å². The van der Waals surface area contributed by atoms with Crippen molar-refractivity contribution in [2.24, 2.45) is 0 Å². The molecule has 3 heterocycles. The molecule has 0 N–H and O–H groups in total. The summed E-state index contributed by atoms with van der Waals surface area (Å²) in [5, 5.41) is 8.93. The molecule has 0 radical (unpaired) electrons. The van der Waals surface area contributed by atoms with Crippen molar-refractivity contribution >= 4 is 28.9 Å². The Morgan fingerprint density at radius 2 is 1.82 bits per heavy atom. The number of rotatable bonds is 2. The molecule has 4 rings (SSSR count). The molecule has 2 unspecified atom stereocenters. The maximum Gasteiger partial charge on any atom is 0.157 e. The van der Waals surface area contributed by atoms with Gasteiger partial charge in [0.25, 0.3) is 0 Å². The quantitative estimate of drug-likeness (QED) is 0.829. The summed E-state index contributed by atoms with van der Waals surface area (Å²) < 4.78 is 5.24. The molecule has 0 saturated carbocycles. The van der Waals surface area contributed by atoms with E-state index in [4.69, 9.17) is 27.9 Å². The van der Waals surface area contributed by atoms with Crippen molar-refractivity contribution in [3.05, 3.63) is 45.7 Å². The van der Waals surface area contributed by atoms with Crippen LogP contribution < -0.4 is 9.64 Å². The summed E-state index contributed by atoms with van der Waals surface area (Å²) in [7, 11) is 1.68. The second-order valence-corrected chi connectivity index (χ2v) is 6.45. The van der Waals surface area contributed by atoms with Gasteiger partial charge in [-0.15, -0.1) is 10.2 Å². The minimum atomic E-state index is 0.225. The maximum absolute atomic E-state index is 6.33. The Bertz CT molecular complexity index is 720. The Kier molecular flexibility index (Phi) is 3.39. The number of nitrogens with zero attached hydrogens (tertiary/aromatic N) is 3. The van der Waals surface area contributed by atoms with Crippen LogP contribution >= 0.6 is 23.2 Å². The molecule has 1 aromatic heterocycles. The number of methoxy groups -OCH3 is 1. The van der Waals surface area contributed by atoms with Gasteiger partial charge >= 0.3 is 0 Å². The maximum atomic E-state index is 6.33. The highest BCUT2D eigenvalue weighted by Gasteiger charge is 2.42. The van der Waals surface area contributed by atoms with E-state index < -0.39 is 0 Å². The lowest BCUT2D eigenvalue weighted by atomic mass is 9.95. The van der Waals surface area contributed by atoms with E-state index in [2.05, 4.69) is 27.2 Å². The lowest BCUT2D eigenvalue weighted by Crippen LogP contribution is -2.38. The summed E-state index contributed by atoms with van der Waals surface area (Å²) in [6.45, 7) is 0. The van der Waals surface area contributed by atoms with Gasteiger partial charge in [0.05, 0.1) is 13.2 Å². The van der Waals surface area contributed by atoms with Gasteiger partial charge in [-0.1, -0.05) is 23.2 Å². The number of anilines is 1. The zero-order chi connectivity index (χ0) is 15.3. The molecule has 2 aliphatic rings. The number of benzene rings is 1. The fourth-order valence-corrected chi connectivity index (χ4v) is 4.21. The molecule has 114 valence electrons. The van der Waals surface area contributed by atoms with Crippen LogP contribution in [0.1, 0.15) is 30.0 Å². The molecule has 1 saturated heterocycles. The van der Waals surface area contributed by atoms with E-state index in [0.717, 1.165) is 36.1 Å². The van der Waals surface area contributed by atoms with Crippen molar-refractivity contribution < 1.29 is 4.74 Å². The molecule has 6 heteroatoms. The highest BCUT2D eigenvalue weighted by Crippen LogP contribution is 2.49. The minimum Gasteiger partial charge on any atom is -0.497 e. The summed E-state index contributed by atoms with van der Waals surface area (Å²) in [4.78, 5) is 2.44. The average Bonchev–Trinajstić information content (AvgIpc) is 2.84. The Labute approximate surface area is 139 Å². The Morgan fingerprint density at radius 1 is 1.09 bits per heavy atom. The van der Waals surface area contributed by atoms with Crippen LogP contribution in [-0.2, 0) is 6.42 Å². The van der Waals surface area contributed by atoms with Crippen LogP contribution in [0.3, 0.4) is 0 Å². The van der Waals surface area contributed by atoms with E-state index in [-0.39, 0.29) is 6.04 Å². The predicted octanol–water partition coefficient (Wildman–Crippen LogP) is 4.06. The van der Waals surface area contributed by atoms with Crippen molar-refractivity contribution in [3.63, 3.8) is 0 Å². The molecule has 4 nitrogen and oxygen atoms in total. The zero-order valence-electron chi connectivity index (χ0n) is 12.1. The van der Waals surface area contributed by atoms with Gasteiger partial charge in [-0.25, -0.2) is 0 Å². The Balaban J connectivity index is 1.78. The SMILES string of the molecule is COc1ccc(N2C3CCC2c2c(Cl)nnc(Cl)c2C3)cc1. The molecule has 2 atom stereocenters. The molecule has 0 aliphatic carbocycles. The molecule has 2 bridgehead atoms. The van der Waals surface area contributed by atoms with Crippen LogP contribution in [0, 0.1) is 0 Å². The van der Waals surface area contributed by atoms with Crippen LogP contribution in [-0.4, -0.2) is 23.3 Å². The number of halogens is 2. The molecular weight excluding hydrogens is 321 g/mol. The molecule has 2 aromatic rings. The summed E-state index contributed by atoms with van der Waals surface area (Å²) in [6, 6.07) is 8.83. The van der Waals surface area contributed by atoms with E-state index in [9.17, 15) is 0 Å². The zero-order valence-corrected chi connectivity index (χ0v) is 13.6. The first-order valence-corrected chi connectivity index (χ1v) is 8.07. The van der Waals surface area contributed by atoms with Gasteiger partial charge in [0, 0.05) is 22.9 Å². The Hall–Kier alpha value is -1.52. The van der Waals surface area contributed by atoms with Crippen molar-refractivity contribution in [1.29, 1.82) is 0 Å². The monoisotopic (exact) mass is 335 g/mol. The largest absolute Gasteiger partial charge is 0.497 e. The molecular formula is C16H15Cl2N3O. The second kappa shape index (κ2) is 5.28. The first kappa shape index (κ1) is 14.1. The molecule has 1 fully saturated rings. The first-order valence-electron chi connectivity index (χ1n) is 7.32.